The molecule has 1 atom stereocenters. The molecule has 1 aromatic carbocycles. The van der Waals surface area contributed by atoms with Gasteiger partial charge in [-0.3, -0.25) is 4.79 Å². The molecule has 0 aliphatic rings. The fourth-order valence-corrected chi connectivity index (χ4v) is 2.28. The lowest BCUT2D eigenvalue weighted by Gasteiger charge is -2.12. The number of nitrogens with one attached hydrogen (secondary N) is 1. The first-order valence-corrected chi connectivity index (χ1v) is 8.04. The van der Waals surface area contributed by atoms with Gasteiger partial charge in [0, 0.05) is 24.8 Å². The molecular formula is C13H21ClN2O3S. The van der Waals surface area contributed by atoms with Crippen LogP contribution in [0.2, 0.25) is 0 Å². The summed E-state index contributed by atoms with van der Waals surface area (Å²) in [4.78, 5) is 11.6. The van der Waals surface area contributed by atoms with Gasteiger partial charge in [0.15, 0.2) is 9.84 Å². The zero-order valence-corrected chi connectivity index (χ0v) is 13.0. The zero-order valence-electron chi connectivity index (χ0n) is 11.4. The molecule has 0 heterocycles. The Labute approximate surface area is 126 Å². The van der Waals surface area contributed by atoms with Crippen molar-refractivity contribution in [2.75, 3.05) is 18.1 Å². The van der Waals surface area contributed by atoms with Crippen molar-refractivity contribution in [1.82, 2.24) is 5.32 Å². The van der Waals surface area contributed by atoms with Crippen LogP contribution in [-0.4, -0.2) is 32.4 Å². The Hall–Kier alpha value is -1.11. The molecule has 0 saturated carbocycles. The summed E-state index contributed by atoms with van der Waals surface area (Å²) in [7, 11) is -3.04. The molecule has 1 rings (SSSR count). The highest BCUT2D eigenvalue weighted by molar-refractivity contribution is 7.91. The Bertz CT molecular complexity index is 506. The standard InChI is InChI=1S/C13H20N2O3S.ClH/c1-2-19(17,18)9-8-15-13(16)10-12(14)11-6-4-3-5-7-11;/h3-7,12H,2,8-10,14H2,1H3,(H,15,16);1H. The van der Waals surface area contributed by atoms with Crippen molar-refractivity contribution in [2.45, 2.75) is 19.4 Å². The quantitative estimate of drug-likeness (QED) is 0.786. The number of carbonyl (C=O) groups is 1. The van der Waals surface area contributed by atoms with Crippen molar-refractivity contribution in [3.8, 4) is 0 Å². The lowest BCUT2D eigenvalue weighted by atomic mass is 10.0. The topological polar surface area (TPSA) is 89.3 Å². The van der Waals surface area contributed by atoms with E-state index in [-0.39, 0.29) is 48.8 Å². The highest BCUT2D eigenvalue weighted by Gasteiger charge is 2.12. The van der Waals surface area contributed by atoms with E-state index in [4.69, 9.17) is 5.73 Å². The van der Waals surface area contributed by atoms with Gasteiger partial charge in [0.05, 0.1) is 5.75 Å². The summed E-state index contributed by atoms with van der Waals surface area (Å²) in [5.74, 6) is -0.176. The van der Waals surface area contributed by atoms with E-state index in [1.165, 1.54) is 0 Å². The Kier molecular flexibility index (Phi) is 8.45. The van der Waals surface area contributed by atoms with Crippen LogP contribution in [0.15, 0.2) is 30.3 Å². The summed E-state index contributed by atoms with van der Waals surface area (Å²) in [6.07, 6.45) is 0.149. The molecule has 5 nitrogen and oxygen atoms in total. The third kappa shape index (κ3) is 6.88. The van der Waals surface area contributed by atoms with Gasteiger partial charge in [0.2, 0.25) is 5.91 Å². The predicted molar refractivity (Wildman–Crippen MR) is 82.6 cm³/mol. The lowest BCUT2D eigenvalue weighted by molar-refractivity contribution is -0.121. The number of hydrogen-bond acceptors (Lipinski definition) is 4. The van der Waals surface area contributed by atoms with Gasteiger partial charge in [-0.05, 0) is 5.56 Å². The molecule has 1 unspecified atom stereocenters. The van der Waals surface area contributed by atoms with E-state index in [9.17, 15) is 13.2 Å². The number of benzene rings is 1. The van der Waals surface area contributed by atoms with Crippen molar-refractivity contribution in [3.05, 3.63) is 35.9 Å². The molecule has 3 N–H and O–H groups in total. The number of carbonyl (C=O) groups excluding carboxylic acids is 1. The fraction of sp³-hybridized carbons (Fsp3) is 0.462. The van der Waals surface area contributed by atoms with Gasteiger partial charge in [-0.2, -0.15) is 0 Å². The molecule has 114 valence electrons. The maximum absolute atomic E-state index is 11.6. The SMILES string of the molecule is CCS(=O)(=O)CCNC(=O)CC(N)c1ccccc1.Cl. The Morgan fingerprint density at radius 1 is 1.30 bits per heavy atom. The van der Waals surface area contributed by atoms with E-state index in [0.717, 1.165) is 5.56 Å². The minimum absolute atomic E-state index is 0. The molecule has 0 spiro atoms. The average Bonchev–Trinajstić information content (AvgIpc) is 2.39. The first kappa shape index (κ1) is 18.9. The minimum atomic E-state index is -3.04. The summed E-state index contributed by atoms with van der Waals surface area (Å²) in [6.45, 7) is 1.72. The van der Waals surface area contributed by atoms with E-state index in [1.807, 2.05) is 30.3 Å². The summed E-state index contributed by atoms with van der Waals surface area (Å²) in [5, 5.41) is 2.58. The van der Waals surface area contributed by atoms with Crippen LogP contribution >= 0.6 is 12.4 Å². The van der Waals surface area contributed by atoms with Crippen molar-refractivity contribution >= 4 is 28.2 Å². The molecule has 0 aliphatic heterocycles. The van der Waals surface area contributed by atoms with E-state index >= 15 is 0 Å². The molecular weight excluding hydrogens is 300 g/mol. The van der Waals surface area contributed by atoms with Gasteiger partial charge in [-0.15, -0.1) is 12.4 Å². The van der Waals surface area contributed by atoms with Crippen LogP contribution in [-0.2, 0) is 14.6 Å². The molecule has 0 fully saturated rings. The third-order valence-corrected chi connectivity index (χ3v) is 4.51. The van der Waals surface area contributed by atoms with Gasteiger partial charge in [-0.1, -0.05) is 37.3 Å². The smallest absolute Gasteiger partial charge is 0.221 e. The molecule has 7 heteroatoms. The van der Waals surface area contributed by atoms with Crippen LogP contribution in [0.5, 0.6) is 0 Å². The van der Waals surface area contributed by atoms with E-state index in [1.54, 1.807) is 6.92 Å². The van der Waals surface area contributed by atoms with Gasteiger partial charge in [-0.25, -0.2) is 8.42 Å². The maximum Gasteiger partial charge on any atom is 0.221 e. The van der Waals surface area contributed by atoms with Crippen molar-refractivity contribution in [3.63, 3.8) is 0 Å². The van der Waals surface area contributed by atoms with E-state index in [2.05, 4.69) is 5.32 Å². The molecule has 0 radical (unpaired) electrons. The van der Waals surface area contributed by atoms with Gasteiger partial charge >= 0.3 is 0 Å². The molecule has 1 aromatic rings. The summed E-state index contributed by atoms with van der Waals surface area (Å²) >= 11 is 0. The Morgan fingerprint density at radius 3 is 2.45 bits per heavy atom. The molecule has 0 aromatic heterocycles. The van der Waals surface area contributed by atoms with Gasteiger partial charge in [0.1, 0.15) is 0 Å². The first-order valence-electron chi connectivity index (χ1n) is 6.22. The number of sulfone groups is 1. The summed E-state index contributed by atoms with van der Waals surface area (Å²) in [6, 6.07) is 8.95. The second-order valence-electron chi connectivity index (χ2n) is 4.31. The second kappa shape index (κ2) is 8.94. The highest BCUT2D eigenvalue weighted by Crippen LogP contribution is 2.12. The molecule has 1 amide bonds. The fourth-order valence-electron chi connectivity index (χ4n) is 1.58. The normalized spacial score (nSPS) is 12.3. The second-order valence-corrected chi connectivity index (χ2v) is 6.78. The van der Waals surface area contributed by atoms with Crippen LogP contribution in [0, 0.1) is 0 Å². The van der Waals surface area contributed by atoms with Crippen molar-refractivity contribution in [1.29, 1.82) is 0 Å². The molecule has 20 heavy (non-hydrogen) atoms. The largest absolute Gasteiger partial charge is 0.355 e. The van der Waals surface area contributed by atoms with Crippen LogP contribution in [0.25, 0.3) is 0 Å². The van der Waals surface area contributed by atoms with Crippen LogP contribution in [0.4, 0.5) is 0 Å². The molecule has 0 aliphatic carbocycles. The minimum Gasteiger partial charge on any atom is -0.355 e. The lowest BCUT2D eigenvalue weighted by Crippen LogP contribution is -2.31. The zero-order chi connectivity index (χ0) is 14.3. The number of hydrogen-bond donors (Lipinski definition) is 2. The molecule has 0 bridgehead atoms. The number of amides is 1. The van der Waals surface area contributed by atoms with Gasteiger partial charge < -0.3 is 11.1 Å². The predicted octanol–water partition coefficient (Wildman–Crippen LogP) is 1.05. The van der Waals surface area contributed by atoms with Gasteiger partial charge in [0.25, 0.3) is 0 Å². The summed E-state index contributed by atoms with van der Waals surface area (Å²) in [5.41, 5.74) is 6.79. The first-order chi connectivity index (χ1) is 8.94. The van der Waals surface area contributed by atoms with Crippen molar-refractivity contribution in [2.24, 2.45) is 5.73 Å². The van der Waals surface area contributed by atoms with E-state index < -0.39 is 9.84 Å². The highest BCUT2D eigenvalue weighted by atomic mass is 35.5. The average molecular weight is 321 g/mol. The monoisotopic (exact) mass is 320 g/mol. The summed E-state index contributed by atoms with van der Waals surface area (Å²) < 4.78 is 22.5. The van der Waals surface area contributed by atoms with Crippen LogP contribution in [0.3, 0.4) is 0 Å². The number of halogens is 1. The molecule has 0 saturated heterocycles. The van der Waals surface area contributed by atoms with Crippen LogP contribution < -0.4 is 11.1 Å². The Balaban J connectivity index is 0.00000361. The van der Waals surface area contributed by atoms with E-state index in [0.29, 0.717) is 0 Å². The Morgan fingerprint density at radius 2 is 1.90 bits per heavy atom. The maximum atomic E-state index is 11.6. The number of rotatable bonds is 7. The third-order valence-electron chi connectivity index (χ3n) is 2.81. The van der Waals surface area contributed by atoms with Crippen LogP contribution in [0.1, 0.15) is 24.9 Å². The number of nitrogens with two attached hydrogens (primary N) is 1. The van der Waals surface area contributed by atoms with Crippen molar-refractivity contribution < 1.29 is 13.2 Å².